The quantitative estimate of drug-likeness (QED) is 0.0475. The Bertz CT molecular complexity index is 293. The molecular formula is C14H46N16O2. The first-order valence-corrected chi connectivity index (χ1v) is 9.32. The van der Waals surface area contributed by atoms with Crippen LogP contribution in [0.3, 0.4) is 0 Å². The van der Waals surface area contributed by atoms with Gasteiger partial charge in [-0.05, 0) is 91.9 Å². The van der Waals surface area contributed by atoms with Gasteiger partial charge in [-0.3, -0.25) is 11.3 Å². The molecule has 0 aromatic rings. The molecule has 0 rings (SSSR count). The molecule has 0 bridgehead atoms. The molecule has 0 aliphatic rings. The van der Waals surface area contributed by atoms with Crippen molar-refractivity contribution in [1.29, 1.82) is 16.6 Å². The third-order valence-corrected chi connectivity index (χ3v) is 1.83. The highest BCUT2D eigenvalue weighted by Crippen LogP contribution is 1.89. The fraction of sp³-hybridized carbons (Fsp3) is 1.00. The van der Waals surface area contributed by atoms with Crippen molar-refractivity contribution >= 4 is 0 Å². The molecule has 18 heteroatoms. The molecule has 0 fully saturated rings. The smallest absolute Gasteiger partial charge is 0.152 e. The van der Waals surface area contributed by atoms with E-state index in [1.54, 1.807) is 14.7 Å². The molecule has 0 heterocycles. The summed E-state index contributed by atoms with van der Waals surface area (Å²) in [6.07, 6.45) is 7.18. The van der Waals surface area contributed by atoms with Crippen molar-refractivity contribution in [2.75, 3.05) is 47.8 Å². The summed E-state index contributed by atoms with van der Waals surface area (Å²) in [4.78, 5) is 13.4. The minimum absolute atomic E-state index is 0.806. The van der Waals surface area contributed by atoms with Gasteiger partial charge in [-0.2, -0.15) is 0 Å². The Morgan fingerprint density at radius 3 is 1.22 bits per heavy atom. The van der Waals surface area contributed by atoms with Crippen molar-refractivity contribution in [2.45, 2.75) is 45.4 Å². The fourth-order valence-electron chi connectivity index (χ4n) is 0.943. The van der Waals surface area contributed by atoms with Crippen LogP contribution in [-0.4, -0.2) is 53.0 Å². The predicted octanol–water partition coefficient (Wildman–Crippen LogP) is 3.15. The number of nitrogens with two attached hydrogens (primary N) is 3. The van der Waals surface area contributed by atoms with Gasteiger partial charge < -0.3 is 27.3 Å². The summed E-state index contributed by atoms with van der Waals surface area (Å²) >= 11 is 0. The SMILES string of the molecule is CCCCCNN.CNC.CNC.NCCCCCN.O=NO.[N-]=[N+]=N.[N-]=[N+]=N.[N-]=[N+]=N. The predicted molar refractivity (Wildman–Crippen MR) is 130 cm³/mol. The number of nitrogens with zero attached hydrogens (tertiary/aromatic N) is 7. The van der Waals surface area contributed by atoms with Crippen LogP contribution in [0.2, 0.25) is 0 Å². The van der Waals surface area contributed by atoms with E-state index in [0.29, 0.717) is 0 Å². The standard InChI is InChI=1S/2C5H14N2.2C2H7N.3HN3.HNO2/c1-2-3-4-5-7-6;6-4-2-1-3-5-7;5*1-3-2;2-1-3/h7H,2-6H2,1H3;1-7H2;2*3H,1-2H3;3*1H;(H,2,3). The molecular weight excluding hydrogens is 424 g/mol. The Kier molecular flexibility index (Phi) is 194. The molecule has 18 nitrogen and oxygen atoms in total. The number of nitrogens with one attached hydrogen (secondary N) is 6. The monoisotopic (exact) mass is 470 g/mol. The topological polar surface area (TPSA) is 345 Å². The Morgan fingerprint density at radius 2 is 1.06 bits per heavy atom. The van der Waals surface area contributed by atoms with E-state index < -0.39 is 0 Å². The highest BCUT2D eigenvalue weighted by atomic mass is 16.6. The van der Waals surface area contributed by atoms with E-state index >= 15 is 0 Å². The lowest BCUT2D eigenvalue weighted by Crippen LogP contribution is -2.22. The van der Waals surface area contributed by atoms with Gasteiger partial charge in [0.05, 0.1) is 0 Å². The first-order chi connectivity index (χ1) is 15.3. The lowest BCUT2D eigenvalue weighted by molar-refractivity contribution is 0.312. The van der Waals surface area contributed by atoms with Crippen molar-refractivity contribution in [1.82, 2.24) is 16.1 Å². The molecule has 0 aliphatic carbocycles. The number of hydrogen-bond donors (Lipinski definition) is 10. The van der Waals surface area contributed by atoms with Gasteiger partial charge in [0.25, 0.3) is 0 Å². The zero-order valence-electron chi connectivity index (χ0n) is 20.1. The minimum atomic E-state index is 0.806. The van der Waals surface area contributed by atoms with E-state index in [-0.39, 0.29) is 0 Å². The third kappa shape index (κ3) is 712. The molecule has 0 aromatic carbocycles. The number of unbranched alkanes of at least 4 members (excludes halogenated alkanes) is 4. The van der Waals surface area contributed by atoms with E-state index in [4.69, 9.17) is 60.6 Å². The van der Waals surface area contributed by atoms with E-state index in [9.17, 15) is 0 Å². The molecule has 0 aromatic heterocycles. The van der Waals surface area contributed by atoms with Crippen LogP contribution in [-0.2, 0) is 0 Å². The molecule has 0 unspecified atom stereocenters. The van der Waals surface area contributed by atoms with Gasteiger partial charge in [-0.25, -0.2) is 0 Å². The van der Waals surface area contributed by atoms with Crippen LogP contribution in [0.5, 0.6) is 0 Å². The molecule has 194 valence electrons. The van der Waals surface area contributed by atoms with Crippen LogP contribution < -0.4 is 33.4 Å². The molecule has 0 atom stereocenters. The van der Waals surface area contributed by atoms with E-state index in [1.807, 2.05) is 28.2 Å². The van der Waals surface area contributed by atoms with Crippen molar-refractivity contribution < 1.29 is 5.21 Å². The Labute approximate surface area is 190 Å². The normalized spacial score (nSPS) is 6.38. The van der Waals surface area contributed by atoms with Crippen molar-refractivity contribution in [3.8, 4) is 0 Å². The molecule has 13 N–H and O–H groups in total. The van der Waals surface area contributed by atoms with E-state index in [2.05, 4.69) is 23.0 Å². The molecule has 0 radical (unpaired) electrons. The largest absolute Gasteiger partial charge is 0.379 e. The van der Waals surface area contributed by atoms with Crippen LogP contribution >= 0.6 is 0 Å². The van der Waals surface area contributed by atoms with Gasteiger partial charge in [-0.1, -0.05) is 26.2 Å². The summed E-state index contributed by atoms with van der Waals surface area (Å²) in [6, 6.07) is 0. The van der Waals surface area contributed by atoms with Gasteiger partial charge in [-0.15, -0.1) is 21.5 Å². The molecule has 0 aliphatic heterocycles. The summed E-state index contributed by atoms with van der Waals surface area (Å²) in [5.41, 5.74) is 49.8. The van der Waals surface area contributed by atoms with E-state index in [0.717, 1.165) is 32.5 Å². The highest BCUT2D eigenvalue weighted by molar-refractivity contribution is 4.41. The maximum atomic E-state index is 8.11. The third-order valence-electron chi connectivity index (χ3n) is 1.83. The molecule has 0 saturated heterocycles. The Hall–Kier alpha value is -2.91. The lowest BCUT2D eigenvalue weighted by Gasteiger charge is -1.93. The summed E-state index contributed by atoms with van der Waals surface area (Å²) in [6.45, 7) is 4.74. The van der Waals surface area contributed by atoms with Crippen LogP contribution in [0, 0.1) is 21.5 Å². The first-order valence-electron chi connectivity index (χ1n) is 9.32. The maximum Gasteiger partial charge on any atom is 0.152 e. The Morgan fingerprint density at radius 1 is 0.812 bits per heavy atom. The molecule has 0 saturated carbocycles. The summed E-state index contributed by atoms with van der Waals surface area (Å²) in [7, 11) is 7.50. The van der Waals surface area contributed by atoms with Crippen LogP contribution in [0.25, 0.3) is 31.3 Å². The molecule has 0 spiro atoms. The van der Waals surface area contributed by atoms with Gasteiger partial charge in [0.1, 0.15) is 0 Å². The van der Waals surface area contributed by atoms with Gasteiger partial charge in [0, 0.05) is 6.54 Å². The number of rotatable bonds is 8. The van der Waals surface area contributed by atoms with Crippen LogP contribution in [0.4, 0.5) is 0 Å². The number of hydrogen-bond acceptors (Lipinski definition) is 11. The molecule has 0 amide bonds. The first kappa shape index (κ1) is 51.6. The van der Waals surface area contributed by atoms with Crippen LogP contribution in [0.1, 0.15) is 45.4 Å². The average Bonchev–Trinajstić information content (AvgIpc) is 2.73. The lowest BCUT2D eigenvalue weighted by atomic mass is 10.2. The van der Waals surface area contributed by atoms with Crippen molar-refractivity contribution in [2.24, 2.45) is 22.7 Å². The van der Waals surface area contributed by atoms with Gasteiger partial charge >= 0.3 is 0 Å². The fourth-order valence-corrected chi connectivity index (χ4v) is 0.943. The van der Waals surface area contributed by atoms with Crippen molar-refractivity contribution in [3.05, 3.63) is 36.2 Å². The van der Waals surface area contributed by atoms with Gasteiger partial charge in [0.2, 0.25) is 0 Å². The summed E-state index contributed by atoms with van der Waals surface area (Å²) in [5.74, 6) is 5.02. The second kappa shape index (κ2) is 120. The second-order valence-corrected chi connectivity index (χ2v) is 4.68. The minimum Gasteiger partial charge on any atom is -0.379 e. The van der Waals surface area contributed by atoms with E-state index in [1.165, 1.54) is 31.0 Å². The summed E-state index contributed by atoms with van der Waals surface area (Å²) < 4.78 is 0. The average molecular weight is 471 g/mol. The zero-order valence-corrected chi connectivity index (χ0v) is 20.1. The van der Waals surface area contributed by atoms with Gasteiger partial charge in [0.15, 0.2) is 5.34 Å². The van der Waals surface area contributed by atoms with Crippen molar-refractivity contribution in [3.63, 3.8) is 0 Å². The zero-order chi connectivity index (χ0) is 27.3. The molecule has 32 heavy (non-hydrogen) atoms. The maximum absolute atomic E-state index is 8.11. The highest BCUT2D eigenvalue weighted by Gasteiger charge is 1.80. The second-order valence-electron chi connectivity index (χ2n) is 4.68. The number of hydrazine groups is 1. The van der Waals surface area contributed by atoms with Crippen LogP contribution in [0.15, 0.2) is 5.34 Å². The summed E-state index contributed by atoms with van der Waals surface area (Å²) in [5, 5.41) is 13.4. The Balaban J connectivity index is -0.0000000358.